The quantitative estimate of drug-likeness (QED) is 0.676. The van der Waals surface area contributed by atoms with E-state index in [-0.39, 0.29) is 6.04 Å². The lowest BCUT2D eigenvalue weighted by molar-refractivity contribution is 0.129. The standard InChI is InChI=1S/C9H16N2OS/c10-6-8(11)3-5-13-7-9-2-1-4-12-9/h8-9H,1-5,7,11H2. The lowest BCUT2D eigenvalue weighted by Gasteiger charge is -2.08. The number of nitrogens with zero attached hydrogens (tertiary/aromatic N) is 1. The summed E-state index contributed by atoms with van der Waals surface area (Å²) in [4.78, 5) is 0. The summed E-state index contributed by atoms with van der Waals surface area (Å²) in [6, 6.07) is 1.73. The van der Waals surface area contributed by atoms with Crippen LogP contribution < -0.4 is 5.73 Å². The van der Waals surface area contributed by atoms with Crippen LogP contribution in [0.5, 0.6) is 0 Å². The Hall–Kier alpha value is -0.240. The van der Waals surface area contributed by atoms with Gasteiger partial charge in [-0.15, -0.1) is 0 Å². The fourth-order valence-corrected chi connectivity index (χ4v) is 2.38. The second-order valence-corrected chi connectivity index (χ2v) is 4.38. The van der Waals surface area contributed by atoms with Crippen LogP contribution in [0.4, 0.5) is 0 Å². The topological polar surface area (TPSA) is 59.0 Å². The van der Waals surface area contributed by atoms with Gasteiger partial charge in [-0.25, -0.2) is 0 Å². The normalized spacial score (nSPS) is 24.2. The van der Waals surface area contributed by atoms with E-state index in [1.807, 2.05) is 17.8 Å². The molecule has 0 aromatic rings. The minimum Gasteiger partial charge on any atom is -0.377 e. The molecule has 0 saturated carbocycles. The van der Waals surface area contributed by atoms with Crippen LogP contribution in [0.3, 0.4) is 0 Å². The van der Waals surface area contributed by atoms with Crippen LogP contribution in [0, 0.1) is 11.3 Å². The van der Waals surface area contributed by atoms with Crippen LogP contribution in [0.15, 0.2) is 0 Å². The van der Waals surface area contributed by atoms with Crippen LogP contribution in [0.1, 0.15) is 19.3 Å². The second-order valence-electron chi connectivity index (χ2n) is 3.23. The van der Waals surface area contributed by atoms with Crippen LogP contribution >= 0.6 is 11.8 Å². The Morgan fingerprint density at radius 2 is 2.54 bits per heavy atom. The van der Waals surface area contributed by atoms with E-state index in [2.05, 4.69) is 0 Å². The summed E-state index contributed by atoms with van der Waals surface area (Å²) in [6.07, 6.45) is 3.62. The maximum atomic E-state index is 8.44. The third-order valence-electron chi connectivity index (χ3n) is 2.07. The fourth-order valence-electron chi connectivity index (χ4n) is 1.27. The molecular formula is C9H16N2OS. The molecule has 74 valence electrons. The van der Waals surface area contributed by atoms with Gasteiger partial charge in [0.25, 0.3) is 0 Å². The van der Waals surface area contributed by atoms with Gasteiger partial charge in [-0.05, 0) is 25.0 Å². The molecule has 0 aromatic carbocycles. The first-order chi connectivity index (χ1) is 6.33. The molecule has 1 rings (SSSR count). The van der Waals surface area contributed by atoms with Gasteiger partial charge in [-0.3, -0.25) is 0 Å². The number of ether oxygens (including phenoxy) is 1. The van der Waals surface area contributed by atoms with Crippen LogP contribution in [0.2, 0.25) is 0 Å². The zero-order valence-electron chi connectivity index (χ0n) is 7.74. The van der Waals surface area contributed by atoms with Gasteiger partial charge in [0.2, 0.25) is 0 Å². The van der Waals surface area contributed by atoms with Crippen molar-refractivity contribution in [1.82, 2.24) is 0 Å². The van der Waals surface area contributed by atoms with E-state index in [9.17, 15) is 0 Å². The van der Waals surface area contributed by atoms with Crippen molar-refractivity contribution in [1.29, 1.82) is 5.26 Å². The van der Waals surface area contributed by atoms with E-state index in [0.717, 1.165) is 24.5 Å². The summed E-state index contributed by atoms with van der Waals surface area (Å²) in [5.74, 6) is 2.02. The number of hydrogen-bond donors (Lipinski definition) is 1. The predicted molar refractivity (Wildman–Crippen MR) is 54.5 cm³/mol. The molecule has 4 heteroatoms. The SMILES string of the molecule is N#CC(N)CCSCC1CCCO1. The smallest absolute Gasteiger partial charge is 0.0935 e. The molecule has 1 aliphatic heterocycles. The molecule has 1 fully saturated rings. The van der Waals surface area contributed by atoms with Crippen molar-refractivity contribution in [2.75, 3.05) is 18.1 Å². The van der Waals surface area contributed by atoms with Crippen molar-refractivity contribution in [2.45, 2.75) is 31.4 Å². The third kappa shape index (κ3) is 4.51. The largest absolute Gasteiger partial charge is 0.377 e. The third-order valence-corrected chi connectivity index (χ3v) is 3.20. The first-order valence-electron chi connectivity index (χ1n) is 4.67. The molecule has 1 saturated heterocycles. The molecule has 0 spiro atoms. The number of hydrogen-bond acceptors (Lipinski definition) is 4. The molecule has 2 unspecified atom stereocenters. The van der Waals surface area contributed by atoms with E-state index in [1.54, 1.807) is 0 Å². The lowest BCUT2D eigenvalue weighted by atomic mass is 10.3. The molecule has 3 nitrogen and oxygen atoms in total. The maximum absolute atomic E-state index is 8.44. The Kier molecular flexibility index (Phi) is 5.21. The summed E-state index contributed by atoms with van der Waals surface area (Å²) in [5, 5.41) is 8.44. The molecule has 2 atom stereocenters. The van der Waals surface area contributed by atoms with Gasteiger partial charge in [0, 0.05) is 12.4 Å². The van der Waals surface area contributed by atoms with Gasteiger partial charge in [0.05, 0.1) is 18.2 Å². The average molecular weight is 200 g/mol. The number of rotatable bonds is 5. The van der Waals surface area contributed by atoms with Crippen molar-refractivity contribution < 1.29 is 4.74 Å². The Balaban J connectivity index is 1.92. The van der Waals surface area contributed by atoms with E-state index in [4.69, 9.17) is 15.7 Å². The van der Waals surface area contributed by atoms with Crippen LogP contribution in [-0.4, -0.2) is 30.3 Å². The molecule has 0 radical (unpaired) electrons. The summed E-state index contributed by atoms with van der Waals surface area (Å²) in [7, 11) is 0. The molecule has 0 amide bonds. The van der Waals surface area contributed by atoms with Crippen LogP contribution in [-0.2, 0) is 4.74 Å². The number of nitrogens with two attached hydrogens (primary N) is 1. The molecule has 0 aliphatic carbocycles. The summed E-state index contributed by atoms with van der Waals surface area (Å²) < 4.78 is 5.47. The molecule has 1 heterocycles. The van der Waals surface area contributed by atoms with E-state index >= 15 is 0 Å². The minimum atomic E-state index is -0.294. The highest BCUT2D eigenvalue weighted by atomic mass is 32.2. The number of thioether (sulfide) groups is 1. The van der Waals surface area contributed by atoms with Crippen molar-refractivity contribution in [3.05, 3.63) is 0 Å². The summed E-state index contributed by atoms with van der Waals surface area (Å²) >= 11 is 1.84. The number of nitriles is 1. The zero-order chi connectivity index (χ0) is 9.52. The Morgan fingerprint density at radius 1 is 1.69 bits per heavy atom. The highest BCUT2D eigenvalue weighted by molar-refractivity contribution is 7.99. The van der Waals surface area contributed by atoms with Gasteiger partial charge < -0.3 is 10.5 Å². The Morgan fingerprint density at radius 3 is 3.15 bits per heavy atom. The lowest BCUT2D eigenvalue weighted by Crippen LogP contribution is -2.18. The minimum absolute atomic E-state index is 0.294. The Bertz CT molecular complexity index is 175. The van der Waals surface area contributed by atoms with Gasteiger partial charge in [-0.2, -0.15) is 17.0 Å². The van der Waals surface area contributed by atoms with Crippen LogP contribution in [0.25, 0.3) is 0 Å². The Labute approximate surface area is 83.6 Å². The van der Waals surface area contributed by atoms with E-state index in [0.29, 0.717) is 6.10 Å². The van der Waals surface area contributed by atoms with E-state index < -0.39 is 0 Å². The average Bonchev–Trinajstić information content (AvgIpc) is 2.64. The van der Waals surface area contributed by atoms with Crippen molar-refractivity contribution >= 4 is 11.8 Å². The van der Waals surface area contributed by atoms with Gasteiger partial charge in [0.1, 0.15) is 0 Å². The molecular weight excluding hydrogens is 184 g/mol. The fraction of sp³-hybridized carbons (Fsp3) is 0.889. The van der Waals surface area contributed by atoms with Crippen molar-refractivity contribution in [3.63, 3.8) is 0 Å². The molecule has 2 N–H and O–H groups in total. The maximum Gasteiger partial charge on any atom is 0.0935 e. The first-order valence-corrected chi connectivity index (χ1v) is 5.83. The summed E-state index contributed by atoms with van der Waals surface area (Å²) in [6.45, 7) is 0.920. The second kappa shape index (κ2) is 6.25. The van der Waals surface area contributed by atoms with Crippen molar-refractivity contribution in [3.8, 4) is 6.07 Å². The van der Waals surface area contributed by atoms with E-state index in [1.165, 1.54) is 12.8 Å². The monoisotopic (exact) mass is 200 g/mol. The highest BCUT2D eigenvalue weighted by Gasteiger charge is 2.14. The van der Waals surface area contributed by atoms with Gasteiger partial charge >= 0.3 is 0 Å². The molecule has 13 heavy (non-hydrogen) atoms. The molecule has 1 aliphatic rings. The first kappa shape index (κ1) is 10.8. The summed E-state index contributed by atoms with van der Waals surface area (Å²) in [5.41, 5.74) is 5.46. The predicted octanol–water partition coefficient (Wildman–Crippen LogP) is 1.14. The van der Waals surface area contributed by atoms with Crippen molar-refractivity contribution in [2.24, 2.45) is 5.73 Å². The molecule has 0 bridgehead atoms. The zero-order valence-corrected chi connectivity index (χ0v) is 8.55. The van der Waals surface area contributed by atoms with Gasteiger partial charge in [0.15, 0.2) is 0 Å². The molecule has 0 aromatic heterocycles. The van der Waals surface area contributed by atoms with Gasteiger partial charge in [-0.1, -0.05) is 0 Å². The highest BCUT2D eigenvalue weighted by Crippen LogP contribution is 2.17.